The van der Waals surface area contributed by atoms with Gasteiger partial charge in [0.15, 0.2) is 0 Å². The van der Waals surface area contributed by atoms with Crippen molar-refractivity contribution < 1.29 is 14.5 Å². The molecule has 0 radical (unpaired) electrons. The summed E-state index contributed by atoms with van der Waals surface area (Å²) in [6.07, 6.45) is 5.33. The van der Waals surface area contributed by atoms with E-state index in [-0.39, 0.29) is 22.3 Å². The minimum atomic E-state index is -0.572. The predicted octanol–water partition coefficient (Wildman–Crippen LogP) is 4.69. The molecule has 4 aliphatic rings. The molecule has 134 valence electrons. The lowest BCUT2D eigenvalue weighted by Crippen LogP contribution is -2.57. The topological polar surface area (TPSA) is 69.4 Å². The van der Waals surface area contributed by atoms with E-state index in [0.29, 0.717) is 23.8 Å². The van der Waals surface area contributed by atoms with Crippen LogP contribution in [0.3, 0.4) is 0 Å². The first-order chi connectivity index (χ1) is 11.7. The largest absolute Gasteiger partial charge is 0.418 e. The summed E-state index contributed by atoms with van der Waals surface area (Å²) in [6.45, 7) is 3.53. The molecule has 0 saturated heterocycles. The number of hydrogen-bond donors (Lipinski definition) is 0. The van der Waals surface area contributed by atoms with E-state index in [0.717, 1.165) is 37.7 Å². The van der Waals surface area contributed by atoms with Crippen LogP contribution in [0.15, 0.2) is 12.1 Å². The molecule has 2 unspecified atom stereocenters. The first-order valence-corrected chi connectivity index (χ1v) is 9.24. The second-order valence-corrected chi connectivity index (χ2v) is 9.27. The van der Waals surface area contributed by atoms with E-state index >= 15 is 0 Å². The molecule has 25 heavy (non-hydrogen) atoms. The molecule has 5 rings (SSSR count). The van der Waals surface area contributed by atoms with Gasteiger partial charge in [-0.25, -0.2) is 0 Å². The molecule has 5 nitrogen and oxygen atoms in total. The van der Waals surface area contributed by atoms with Crippen molar-refractivity contribution in [2.45, 2.75) is 57.2 Å². The van der Waals surface area contributed by atoms with Gasteiger partial charge in [-0.1, -0.05) is 6.07 Å². The highest BCUT2D eigenvalue weighted by Crippen LogP contribution is 2.64. The van der Waals surface area contributed by atoms with Gasteiger partial charge in [-0.2, -0.15) is 0 Å². The van der Waals surface area contributed by atoms with Crippen LogP contribution in [-0.2, 0) is 4.79 Å². The second kappa shape index (κ2) is 5.44. The predicted molar refractivity (Wildman–Crippen MR) is 93.9 cm³/mol. The maximum Gasteiger partial charge on any atom is 0.317 e. The van der Waals surface area contributed by atoms with Crippen molar-refractivity contribution in [1.29, 1.82) is 0 Å². The molecule has 2 atom stereocenters. The number of halogens is 1. The number of hydrogen-bond acceptors (Lipinski definition) is 4. The number of ether oxygens (including phenoxy) is 1. The van der Waals surface area contributed by atoms with Gasteiger partial charge >= 0.3 is 11.7 Å². The smallest absolute Gasteiger partial charge is 0.317 e. The zero-order chi connectivity index (χ0) is 18.0. The third-order valence-electron chi connectivity index (χ3n) is 6.21. The van der Waals surface area contributed by atoms with Crippen LogP contribution in [0.1, 0.15) is 49.7 Å². The summed E-state index contributed by atoms with van der Waals surface area (Å²) in [5.74, 6) is 0.697. The minimum absolute atomic E-state index is 0.0833. The first kappa shape index (κ1) is 16.8. The van der Waals surface area contributed by atoms with Gasteiger partial charge in [0.1, 0.15) is 0 Å². The van der Waals surface area contributed by atoms with Gasteiger partial charge in [-0.05, 0) is 75.3 Å². The average Bonchev–Trinajstić information content (AvgIpc) is 2.46. The van der Waals surface area contributed by atoms with Crippen molar-refractivity contribution in [3.8, 4) is 5.75 Å². The molecule has 0 heterocycles. The van der Waals surface area contributed by atoms with Gasteiger partial charge in [0, 0.05) is 10.9 Å². The Morgan fingerprint density at radius 3 is 2.44 bits per heavy atom. The molecule has 1 aromatic rings. The molecule has 0 aromatic heterocycles. The minimum Gasteiger partial charge on any atom is -0.418 e. The Kier molecular flexibility index (Phi) is 3.66. The van der Waals surface area contributed by atoms with Crippen LogP contribution in [0.2, 0.25) is 0 Å². The number of carbonyl (C=O) groups excluding carboxylic acids is 1. The number of esters is 1. The average molecular weight is 364 g/mol. The fraction of sp³-hybridized carbons (Fsp3) is 0.632. The van der Waals surface area contributed by atoms with Gasteiger partial charge in [-0.3, -0.25) is 14.9 Å². The normalized spacial score (nSPS) is 35.6. The lowest BCUT2D eigenvalue weighted by atomic mass is 9.49. The van der Waals surface area contributed by atoms with E-state index in [2.05, 4.69) is 0 Å². The van der Waals surface area contributed by atoms with Crippen LogP contribution in [0.4, 0.5) is 5.69 Å². The first-order valence-electron chi connectivity index (χ1n) is 8.87. The Morgan fingerprint density at radius 2 is 1.88 bits per heavy atom. The van der Waals surface area contributed by atoms with Crippen LogP contribution < -0.4 is 4.74 Å². The number of rotatable bonds is 3. The van der Waals surface area contributed by atoms with Crippen molar-refractivity contribution in [3.05, 3.63) is 33.4 Å². The fourth-order valence-electron chi connectivity index (χ4n) is 5.79. The fourth-order valence-corrected chi connectivity index (χ4v) is 6.48. The highest BCUT2D eigenvalue weighted by atomic mass is 35.5. The molecule has 0 aliphatic heterocycles. The Balaban J connectivity index is 1.66. The number of carbonyl (C=O) groups is 1. The monoisotopic (exact) mass is 363 g/mol. The lowest BCUT2D eigenvalue weighted by molar-refractivity contribution is -0.385. The summed E-state index contributed by atoms with van der Waals surface area (Å²) >= 11 is 6.79. The molecule has 0 N–H and O–H groups in total. The standard InChI is InChI=1S/C19H22ClNO4/c1-11-3-12(2)16(15(4-11)21(23)24)25-17(22)18-6-13-5-14(7-18)9-19(20,8-13)10-18/h3-4,13-14H,5-10H2,1-2H3. The summed E-state index contributed by atoms with van der Waals surface area (Å²) < 4.78 is 5.68. The molecule has 0 amide bonds. The van der Waals surface area contributed by atoms with Crippen molar-refractivity contribution >= 4 is 23.3 Å². The highest BCUT2D eigenvalue weighted by molar-refractivity contribution is 6.24. The number of aryl methyl sites for hydroxylation is 2. The summed E-state index contributed by atoms with van der Waals surface area (Å²) in [6, 6.07) is 3.26. The molecule has 4 aliphatic carbocycles. The summed E-state index contributed by atoms with van der Waals surface area (Å²) in [5.41, 5.74) is 0.678. The van der Waals surface area contributed by atoms with E-state index in [1.165, 1.54) is 6.07 Å². The van der Waals surface area contributed by atoms with Crippen LogP contribution in [0.25, 0.3) is 0 Å². The lowest BCUT2D eigenvalue weighted by Gasteiger charge is -2.58. The van der Waals surface area contributed by atoms with Crippen molar-refractivity contribution in [2.24, 2.45) is 17.3 Å². The molecule has 4 saturated carbocycles. The van der Waals surface area contributed by atoms with E-state index < -0.39 is 10.3 Å². The SMILES string of the molecule is Cc1cc(C)c(OC(=O)C23CC4CC(CC(Cl)(C4)C2)C3)c([N+](=O)[O-])c1. The van der Waals surface area contributed by atoms with E-state index in [1.54, 1.807) is 19.9 Å². The molecule has 6 heteroatoms. The number of nitro groups is 1. The Labute approximate surface area is 151 Å². The molecular weight excluding hydrogens is 342 g/mol. The number of alkyl halides is 1. The van der Waals surface area contributed by atoms with Crippen LogP contribution in [0, 0.1) is 41.2 Å². The molecular formula is C19H22ClNO4. The maximum atomic E-state index is 13.1. The Bertz CT molecular complexity index is 761. The molecule has 4 fully saturated rings. The summed E-state index contributed by atoms with van der Waals surface area (Å²) in [4.78, 5) is 23.7. The number of benzene rings is 1. The van der Waals surface area contributed by atoms with Gasteiger partial charge in [0.2, 0.25) is 5.75 Å². The van der Waals surface area contributed by atoms with Crippen LogP contribution in [0.5, 0.6) is 5.75 Å². The second-order valence-electron chi connectivity index (χ2n) is 8.47. The van der Waals surface area contributed by atoms with Crippen molar-refractivity contribution in [2.75, 3.05) is 0 Å². The van der Waals surface area contributed by atoms with E-state index in [1.807, 2.05) is 0 Å². The zero-order valence-electron chi connectivity index (χ0n) is 14.5. The van der Waals surface area contributed by atoms with Gasteiger partial charge in [0.25, 0.3) is 0 Å². The quantitative estimate of drug-likeness (QED) is 0.257. The third kappa shape index (κ3) is 2.73. The van der Waals surface area contributed by atoms with Crippen molar-refractivity contribution in [3.63, 3.8) is 0 Å². The summed E-state index contributed by atoms with van der Waals surface area (Å²) in [7, 11) is 0. The number of nitro benzene ring substituents is 1. The van der Waals surface area contributed by atoms with Crippen LogP contribution >= 0.6 is 11.6 Å². The molecule has 0 spiro atoms. The Morgan fingerprint density at radius 1 is 1.24 bits per heavy atom. The van der Waals surface area contributed by atoms with E-state index in [4.69, 9.17) is 16.3 Å². The third-order valence-corrected chi connectivity index (χ3v) is 6.66. The van der Waals surface area contributed by atoms with E-state index in [9.17, 15) is 14.9 Å². The molecule has 1 aromatic carbocycles. The maximum absolute atomic E-state index is 13.1. The zero-order valence-corrected chi connectivity index (χ0v) is 15.3. The summed E-state index contributed by atoms with van der Waals surface area (Å²) in [5, 5.41) is 11.4. The van der Waals surface area contributed by atoms with Crippen molar-refractivity contribution in [1.82, 2.24) is 0 Å². The molecule has 4 bridgehead atoms. The Hall–Kier alpha value is -1.62. The number of nitrogens with zero attached hydrogens (tertiary/aromatic N) is 1. The van der Waals surface area contributed by atoms with Crippen LogP contribution in [-0.4, -0.2) is 15.8 Å². The van der Waals surface area contributed by atoms with Gasteiger partial charge in [0.05, 0.1) is 10.3 Å². The van der Waals surface area contributed by atoms with Gasteiger partial charge < -0.3 is 4.74 Å². The highest BCUT2D eigenvalue weighted by Gasteiger charge is 2.61. The van der Waals surface area contributed by atoms with Gasteiger partial charge in [-0.15, -0.1) is 11.6 Å².